The first-order chi connectivity index (χ1) is 8.10. The summed E-state index contributed by atoms with van der Waals surface area (Å²) in [6, 6.07) is 4.96. The van der Waals surface area contributed by atoms with Crippen molar-refractivity contribution in [3.8, 4) is 5.75 Å². The fourth-order valence-electron chi connectivity index (χ4n) is 1.32. The molecule has 0 radical (unpaired) electrons. The maximum absolute atomic E-state index is 11.4. The lowest BCUT2D eigenvalue weighted by molar-refractivity contribution is 0.168. The monoisotopic (exact) mass is 237 g/mol. The fourth-order valence-corrected chi connectivity index (χ4v) is 1.32. The van der Waals surface area contributed by atoms with Gasteiger partial charge in [0.05, 0.1) is 19.4 Å². The van der Waals surface area contributed by atoms with Crippen molar-refractivity contribution in [1.29, 1.82) is 5.41 Å². The standard InChI is InChI=1S/C11H15N3O3/c1-3-17-11(15)14-9-7(10(12)13)5-4-6-8(9)16-2/h4-6H,3H2,1-2H3,(H3,12,13)(H,14,15). The number of anilines is 1. The minimum absolute atomic E-state index is 0.157. The van der Waals surface area contributed by atoms with Crippen molar-refractivity contribution in [2.45, 2.75) is 6.92 Å². The number of nitrogens with one attached hydrogen (secondary N) is 2. The highest BCUT2D eigenvalue weighted by molar-refractivity contribution is 6.04. The maximum Gasteiger partial charge on any atom is 0.411 e. The Balaban J connectivity index is 3.09. The van der Waals surface area contributed by atoms with Gasteiger partial charge in [0.15, 0.2) is 0 Å². The summed E-state index contributed by atoms with van der Waals surface area (Å²) < 4.78 is 9.86. The molecule has 0 aromatic heterocycles. The van der Waals surface area contributed by atoms with Gasteiger partial charge in [0.1, 0.15) is 11.6 Å². The van der Waals surface area contributed by atoms with E-state index in [0.717, 1.165) is 0 Å². The smallest absolute Gasteiger partial charge is 0.411 e. The fraction of sp³-hybridized carbons (Fsp3) is 0.273. The number of hydrogen-bond acceptors (Lipinski definition) is 4. The van der Waals surface area contributed by atoms with Crippen LogP contribution in [0.15, 0.2) is 18.2 Å². The molecule has 0 saturated carbocycles. The molecular weight excluding hydrogens is 222 g/mol. The number of nitrogen functional groups attached to an aromatic ring is 1. The van der Waals surface area contributed by atoms with Gasteiger partial charge in [-0.3, -0.25) is 10.7 Å². The number of ether oxygens (including phenoxy) is 2. The molecule has 0 atom stereocenters. The minimum Gasteiger partial charge on any atom is -0.495 e. The molecule has 1 aromatic carbocycles. The number of nitrogens with two attached hydrogens (primary N) is 1. The van der Waals surface area contributed by atoms with Gasteiger partial charge in [0, 0.05) is 5.56 Å². The minimum atomic E-state index is -0.612. The number of amidine groups is 1. The lowest BCUT2D eigenvalue weighted by Crippen LogP contribution is -2.19. The van der Waals surface area contributed by atoms with Gasteiger partial charge >= 0.3 is 6.09 Å². The van der Waals surface area contributed by atoms with E-state index in [-0.39, 0.29) is 12.4 Å². The number of para-hydroxylation sites is 1. The van der Waals surface area contributed by atoms with Crippen molar-refractivity contribution in [1.82, 2.24) is 0 Å². The molecule has 17 heavy (non-hydrogen) atoms. The van der Waals surface area contributed by atoms with Gasteiger partial charge in [0.25, 0.3) is 0 Å². The second-order valence-electron chi connectivity index (χ2n) is 3.14. The molecule has 0 spiro atoms. The predicted octanol–water partition coefficient (Wildman–Crippen LogP) is 1.55. The quantitative estimate of drug-likeness (QED) is 0.546. The Morgan fingerprint density at radius 3 is 2.76 bits per heavy atom. The van der Waals surface area contributed by atoms with E-state index in [4.69, 9.17) is 20.6 Å². The average molecular weight is 237 g/mol. The first-order valence-electron chi connectivity index (χ1n) is 5.05. The van der Waals surface area contributed by atoms with Crippen LogP contribution in [-0.4, -0.2) is 25.6 Å². The van der Waals surface area contributed by atoms with Crippen LogP contribution < -0.4 is 15.8 Å². The van der Waals surface area contributed by atoms with E-state index >= 15 is 0 Å². The molecular formula is C11H15N3O3. The Kier molecular flexibility index (Phi) is 4.33. The Morgan fingerprint density at radius 2 is 2.24 bits per heavy atom. The molecule has 1 amide bonds. The zero-order chi connectivity index (χ0) is 12.8. The Labute approximate surface area is 99.2 Å². The van der Waals surface area contributed by atoms with E-state index in [9.17, 15) is 4.79 Å². The molecule has 0 aliphatic carbocycles. The third-order valence-electron chi connectivity index (χ3n) is 2.04. The highest BCUT2D eigenvalue weighted by atomic mass is 16.5. The largest absolute Gasteiger partial charge is 0.495 e. The van der Waals surface area contributed by atoms with E-state index in [1.807, 2.05) is 0 Å². The summed E-state index contributed by atoms with van der Waals surface area (Å²) in [6.45, 7) is 1.96. The van der Waals surface area contributed by atoms with Gasteiger partial charge < -0.3 is 15.2 Å². The molecule has 0 heterocycles. The van der Waals surface area contributed by atoms with Crippen LogP contribution in [0.25, 0.3) is 0 Å². The van der Waals surface area contributed by atoms with E-state index in [1.165, 1.54) is 7.11 Å². The lowest BCUT2D eigenvalue weighted by atomic mass is 10.1. The molecule has 0 fully saturated rings. The summed E-state index contributed by atoms with van der Waals surface area (Å²) in [7, 11) is 1.47. The van der Waals surface area contributed by atoms with Crippen molar-refractivity contribution >= 4 is 17.6 Å². The predicted molar refractivity (Wildman–Crippen MR) is 64.7 cm³/mol. The molecule has 0 aliphatic rings. The first kappa shape index (κ1) is 12.8. The van der Waals surface area contributed by atoms with Crippen LogP contribution in [-0.2, 0) is 4.74 Å². The second-order valence-corrected chi connectivity index (χ2v) is 3.14. The highest BCUT2D eigenvalue weighted by Crippen LogP contribution is 2.28. The molecule has 4 N–H and O–H groups in total. The van der Waals surface area contributed by atoms with Crippen molar-refractivity contribution in [2.24, 2.45) is 5.73 Å². The van der Waals surface area contributed by atoms with Gasteiger partial charge in [-0.15, -0.1) is 0 Å². The molecule has 0 aliphatic heterocycles. The second kappa shape index (κ2) is 5.74. The Hall–Kier alpha value is -2.24. The number of carbonyl (C=O) groups excluding carboxylic acids is 1. The summed E-state index contributed by atoms with van der Waals surface area (Å²) in [5.74, 6) is 0.265. The summed E-state index contributed by atoms with van der Waals surface area (Å²) in [6.07, 6.45) is -0.612. The van der Waals surface area contributed by atoms with Crippen molar-refractivity contribution < 1.29 is 14.3 Å². The van der Waals surface area contributed by atoms with Crippen LogP contribution >= 0.6 is 0 Å². The Morgan fingerprint density at radius 1 is 1.53 bits per heavy atom. The number of carbonyl (C=O) groups is 1. The summed E-state index contributed by atoms with van der Waals surface area (Å²) >= 11 is 0. The number of benzene rings is 1. The average Bonchev–Trinajstić information content (AvgIpc) is 2.29. The van der Waals surface area contributed by atoms with Crippen molar-refractivity contribution in [3.05, 3.63) is 23.8 Å². The van der Waals surface area contributed by atoms with E-state index in [2.05, 4.69) is 5.32 Å². The number of methoxy groups -OCH3 is 1. The van der Waals surface area contributed by atoms with E-state index < -0.39 is 6.09 Å². The molecule has 1 rings (SSSR count). The van der Waals surface area contributed by atoms with Crippen LogP contribution in [0.1, 0.15) is 12.5 Å². The topological polar surface area (TPSA) is 97.4 Å². The first-order valence-corrected chi connectivity index (χ1v) is 5.05. The van der Waals surface area contributed by atoms with Gasteiger partial charge in [-0.1, -0.05) is 6.07 Å². The van der Waals surface area contributed by atoms with Crippen LogP contribution in [0, 0.1) is 5.41 Å². The summed E-state index contributed by atoms with van der Waals surface area (Å²) in [5.41, 5.74) is 6.14. The molecule has 6 heteroatoms. The van der Waals surface area contributed by atoms with E-state index in [1.54, 1.807) is 25.1 Å². The summed E-state index contributed by atoms with van der Waals surface area (Å²) in [4.78, 5) is 11.4. The van der Waals surface area contributed by atoms with Crippen LogP contribution in [0.3, 0.4) is 0 Å². The number of amides is 1. The van der Waals surface area contributed by atoms with Crippen molar-refractivity contribution in [3.63, 3.8) is 0 Å². The van der Waals surface area contributed by atoms with Crippen LogP contribution in [0.4, 0.5) is 10.5 Å². The normalized spacial score (nSPS) is 9.53. The van der Waals surface area contributed by atoms with E-state index in [0.29, 0.717) is 17.0 Å². The molecule has 6 nitrogen and oxygen atoms in total. The van der Waals surface area contributed by atoms with Gasteiger partial charge in [-0.2, -0.15) is 0 Å². The molecule has 0 saturated heterocycles. The highest BCUT2D eigenvalue weighted by Gasteiger charge is 2.14. The Bertz CT molecular complexity index is 432. The van der Waals surface area contributed by atoms with Crippen LogP contribution in [0.2, 0.25) is 0 Å². The SMILES string of the molecule is CCOC(=O)Nc1c(OC)cccc1C(=N)N. The maximum atomic E-state index is 11.4. The zero-order valence-electron chi connectivity index (χ0n) is 9.74. The zero-order valence-corrected chi connectivity index (χ0v) is 9.74. The molecule has 0 unspecified atom stereocenters. The van der Waals surface area contributed by atoms with Gasteiger partial charge in [-0.05, 0) is 19.1 Å². The van der Waals surface area contributed by atoms with Crippen molar-refractivity contribution in [2.75, 3.05) is 19.0 Å². The molecule has 0 bridgehead atoms. The molecule has 92 valence electrons. The molecule has 1 aromatic rings. The third kappa shape index (κ3) is 3.10. The number of rotatable bonds is 4. The van der Waals surface area contributed by atoms with Gasteiger partial charge in [0.2, 0.25) is 0 Å². The third-order valence-corrected chi connectivity index (χ3v) is 2.04. The van der Waals surface area contributed by atoms with Crippen LogP contribution in [0.5, 0.6) is 5.75 Å². The van der Waals surface area contributed by atoms with Gasteiger partial charge in [-0.25, -0.2) is 4.79 Å². The summed E-state index contributed by atoms with van der Waals surface area (Å²) in [5, 5.41) is 9.93. The lowest BCUT2D eigenvalue weighted by Gasteiger charge is -2.13. The number of hydrogen-bond donors (Lipinski definition) is 3.